The van der Waals surface area contributed by atoms with E-state index in [1.807, 2.05) is 6.20 Å². The summed E-state index contributed by atoms with van der Waals surface area (Å²) in [6, 6.07) is 0. The van der Waals surface area contributed by atoms with Gasteiger partial charge in [-0.3, -0.25) is 5.10 Å². The predicted molar refractivity (Wildman–Crippen MR) is 50.6 cm³/mol. The van der Waals surface area contributed by atoms with Gasteiger partial charge in [-0.2, -0.15) is 5.10 Å². The topological polar surface area (TPSA) is 54.7 Å². The third-order valence-corrected chi connectivity index (χ3v) is 3.23. The molecule has 1 fully saturated rings. The molecule has 12 heavy (non-hydrogen) atoms. The molecule has 1 aromatic rings. The minimum Gasteiger partial charge on any atom is -0.321 e. The minimum atomic E-state index is -0.133. The van der Waals surface area contributed by atoms with Crippen molar-refractivity contribution in [1.82, 2.24) is 10.2 Å². The van der Waals surface area contributed by atoms with Crippen molar-refractivity contribution < 1.29 is 0 Å². The zero-order valence-electron chi connectivity index (χ0n) is 6.81. The van der Waals surface area contributed by atoms with Gasteiger partial charge in [0.15, 0.2) is 0 Å². The maximum absolute atomic E-state index is 6.24. The van der Waals surface area contributed by atoms with Crippen LogP contribution in [0.2, 0.25) is 0 Å². The number of nitrogens with one attached hydrogen (secondary N) is 1. The summed E-state index contributed by atoms with van der Waals surface area (Å²) in [6.45, 7) is 0. The lowest BCUT2D eigenvalue weighted by atomic mass is 9.92. The number of aromatic nitrogens is 2. The summed E-state index contributed by atoms with van der Waals surface area (Å²) in [7, 11) is 0. The van der Waals surface area contributed by atoms with Crippen molar-refractivity contribution in [2.75, 3.05) is 0 Å². The van der Waals surface area contributed by atoms with E-state index in [4.69, 9.17) is 5.73 Å². The molecule has 2 rings (SSSR count). The molecule has 1 heterocycles. The van der Waals surface area contributed by atoms with Gasteiger partial charge in [-0.1, -0.05) is 12.8 Å². The fraction of sp³-hybridized carbons (Fsp3) is 0.625. The smallest absolute Gasteiger partial charge is 0.105 e. The van der Waals surface area contributed by atoms with E-state index in [0.717, 1.165) is 23.0 Å². The maximum Gasteiger partial charge on any atom is 0.105 e. The molecule has 1 aromatic heterocycles. The van der Waals surface area contributed by atoms with Crippen LogP contribution in [0.15, 0.2) is 10.8 Å². The normalized spacial score (nSPS) is 21.5. The molecular formula is C8H12BrN3. The monoisotopic (exact) mass is 229 g/mol. The highest BCUT2D eigenvalue weighted by Crippen LogP contribution is 2.38. The van der Waals surface area contributed by atoms with Crippen LogP contribution in [-0.4, -0.2) is 10.2 Å². The van der Waals surface area contributed by atoms with E-state index in [-0.39, 0.29) is 5.54 Å². The van der Waals surface area contributed by atoms with Gasteiger partial charge in [0, 0.05) is 11.1 Å². The van der Waals surface area contributed by atoms with Gasteiger partial charge in [0.2, 0.25) is 0 Å². The summed E-state index contributed by atoms with van der Waals surface area (Å²) in [5.41, 5.74) is 7.23. The van der Waals surface area contributed by atoms with Gasteiger partial charge in [-0.15, -0.1) is 0 Å². The van der Waals surface area contributed by atoms with Crippen LogP contribution < -0.4 is 5.73 Å². The number of nitrogens with zero attached hydrogens (tertiary/aromatic N) is 1. The van der Waals surface area contributed by atoms with Gasteiger partial charge >= 0.3 is 0 Å². The Morgan fingerprint density at radius 2 is 2.17 bits per heavy atom. The molecule has 0 saturated heterocycles. The number of nitrogens with two attached hydrogens (primary N) is 1. The summed E-state index contributed by atoms with van der Waals surface area (Å²) < 4.78 is 0.937. The van der Waals surface area contributed by atoms with Gasteiger partial charge in [-0.05, 0) is 28.8 Å². The van der Waals surface area contributed by atoms with E-state index in [1.165, 1.54) is 12.8 Å². The second kappa shape index (κ2) is 2.85. The quantitative estimate of drug-likeness (QED) is 0.774. The molecule has 66 valence electrons. The molecule has 0 radical (unpaired) electrons. The average Bonchev–Trinajstić information content (AvgIpc) is 2.59. The third-order valence-electron chi connectivity index (χ3n) is 2.63. The molecular weight excluding hydrogens is 218 g/mol. The molecule has 1 aliphatic rings. The maximum atomic E-state index is 6.24. The molecule has 1 saturated carbocycles. The number of rotatable bonds is 1. The van der Waals surface area contributed by atoms with Crippen LogP contribution in [0, 0.1) is 0 Å². The highest BCUT2D eigenvalue weighted by atomic mass is 79.9. The molecule has 0 atom stereocenters. The number of hydrogen-bond donors (Lipinski definition) is 2. The summed E-state index contributed by atoms with van der Waals surface area (Å²) in [5, 5.41) is 6.82. The summed E-state index contributed by atoms with van der Waals surface area (Å²) in [5.74, 6) is 0. The number of H-pyrrole nitrogens is 1. The van der Waals surface area contributed by atoms with Crippen LogP contribution in [0.1, 0.15) is 31.2 Å². The Morgan fingerprint density at radius 3 is 2.67 bits per heavy atom. The number of hydrogen-bond acceptors (Lipinski definition) is 2. The highest BCUT2D eigenvalue weighted by molar-refractivity contribution is 9.10. The molecule has 4 heteroatoms. The van der Waals surface area contributed by atoms with Crippen LogP contribution >= 0.6 is 15.9 Å². The van der Waals surface area contributed by atoms with Crippen LogP contribution in [-0.2, 0) is 5.54 Å². The summed E-state index contributed by atoms with van der Waals surface area (Å²) >= 11 is 3.41. The van der Waals surface area contributed by atoms with Gasteiger partial charge in [-0.25, -0.2) is 0 Å². The lowest BCUT2D eigenvalue weighted by Crippen LogP contribution is -2.32. The Labute approximate surface area is 79.9 Å². The molecule has 0 spiro atoms. The predicted octanol–water partition coefficient (Wildman–Crippen LogP) is 1.90. The first-order valence-corrected chi connectivity index (χ1v) is 5.00. The fourth-order valence-corrected chi connectivity index (χ4v) is 2.49. The molecule has 0 aliphatic heterocycles. The van der Waals surface area contributed by atoms with E-state index in [0.29, 0.717) is 0 Å². The van der Waals surface area contributed by atoms with Crippen molar-refractivity contribution in [3.63, 3.8) is 0 Å². The van der Waals surface area contributed by atoms with Gasteiger partial charge < -0.3 is 5.73 Å². The molecule has 0 unspecified atom stereocenters. The number of halogens is 1. The molecule has 0 aromatic carbocycles. The van der Waals surface area contributed by atoms with E-state index in [9.17, 15) is 0 Å². The summed E-state index contributed by atoms with van der Waals surface area (Å²) in [4.78, 5) is 0. The molecule has 3 nitrogen and oxygen atoms in total. The van der Waals surface area contributed by atoms with Crippen molar-refractivity contribution in [3.8, 4) is 0 Å². The Kier molecular flexibility index (Phi) is 1.96. The van der Waals surface area contributed by atoms with Gasteiger partial charge in [0.1, 0.15) is 4.60 Å². The number of aromatic amines is 1. The van der Waals surface area contributed by atoms with E-state index in [1.54, 1.807) is 0 Å². The molecule has 0 amide bonds. The average molecular weight is 230 g/mol. The molecule has 0 bridgehead atoms. The standard InChI is InChI=1S/C8H12BrN3/c9-7-6(5-11-12-7)8(10)3-1-2-4-8/h5H,1-4,10H2,(H,11,12). The van der Waals surface area contributed by atoms with Crippen molar-refractivity contribution in [2.45, 2.75) is 31.2 Å². The summed E-state index contributed by atoms with van der Waals surface area (Å²) in [6.07, 6.45) is 6.44. The SMILES string of the molecule is NC1(c2cn[nH]c2Br)CCCC1. The Hall–Kier alpha value is -0.350. The van der Waals surface area contributed by atoms with Gasteiger partial charge in [0.25, 0.3) is 0 Å². The largest absolute Gasteiger partial charge is 0.321 e. The lowest BCUT2D eigenvalue weighted by molar-refractivity contribution is 0.460. The zero-order chi connectivity index (χ0) is 8.60. The first kappa shape index (κ1) is 8.26. The van der Waals surface area contributed by atoms with Crippen LogP contribution in [0.5, 0.6) is 0 Å². The van der Waals surface area contributed by atoms with Crippen molar-refractivity contribution >= 4 is 15.9 Å². The lowest BCUT2D eigenvalue weighted by Gasteiger charge is -2.22. The Balaban J connectivity index is 2.34. The fourth-order valence-electron chi connectivity index (χ4n) is 1.89. The first-order valence-electron chi connectivity index (χ1n) is 4.21. The second-order valence-corrected chi connectivity index (χ2v) is 4.25. The minimum absolute atomic E-state index is 0.133. The van der Waals surface area contributed by atoms with Crippen molar-refractivity contribution in [1.29, 1.82) is 0 Å². The van der Waals surface area contributed by atoms with E-state index >= 15 is 0 Å². The van der Waals surface area contributed by atoms with Crippen LogP contribution in [0.4, 0.5) is 0 Å². The molecule has 3 N–H and O–H groups in total. The van der Waals surface area contributed by atoms with Crippen LogP contribution in [0.25, 0.3) is 0 Å². The van der Waals surface area contributed by atoms with Crippen LogP contribution in [0.3, 0.4) is 0 Å². The van der Waals surface area contributed by atoms with Gasteiger partial charge in [0.05, 0.1) is 6.20 Å². The van der Waals surface area contributed by atoms with E-state index in [2.05, 4.69) is 26.1 Å². The van der Waals surface area contributed by atoms with Crippen molar-refractivity contribution in [2.24, 2.45) is 5.73 Å². The third kappa shape index (κ3) is 1.19. The zero-order valence-corrected chi connectivity index (χ0v) is 8.39. The molecule has 1 aliphatic carbocycles. The van der Waals surface area contributed by atoms with E-state index < -0.39 is 0 Å². The highest BCUT2D eigenvalue weighted by Gasteiger charge is 2.33. The Morgan fingerprint density at radius 1 is 1.50 bits per heavy atom. The first-order chi connectivity index (χ1) is 5.72. The van der Waals surface area contributed by atoms with Crippen molar-refractivity contribution in [3.05, 3.63) is 16.4 Å². The second-order valence-electron chi connectivity index (χ2n) is 3.46. The Bertz CT molecular complexity index is 276.